The number of rotatable bonds is 2. The summed E-state index contributed by atoms with van der Waals surface area (Å²) < 4.78 is 44.2. The lowest BCUT2D eigenvalue weighted by atomic mass is 9.83. The Labute approximate surface area is 167 Å². The van der Waals surface area contributed by atoms with Gasteiger partial charge >= 0.3 is 12.3 Å². The van der Waals surface area contributed by atoms with Crippen molar-refractivity contribution in [1.29, 1.82) is 5.26 Å². The topological polar surface area (TPSA) is 70.4 Å². The zero-order valence-electron chi connectivity index (χ0n) is 16.5. The number of hydrogen-bond donors (Lipinski definition) is 0. The molecule has 0 aromatic heterocycles. The molecule has 3 rings (SSSR count). The highest BCUT2D eigenvalue weighted by Gasteiger charge is 2.47. The smallest absolute Gasteiger partial charge is 0.416 e. The Bertz CT molecular complexity index is 853. The fourth-order valence-electron chi connectivity index (χ4n) is 4.25. The standard InChI is InChI=1S/C21H23F3N2O3/c1-20(2,3)29-19(28)26-15-5-6-16(26)10-12(9-15)18(27)17-7-4-14(21(22,23)24)8-13(17)11-25/h4,7-8,12,15-16H,5-6,9-10H2,1-3H3. The number of halogens is 3. The summed E-state index contributed by atoms with van der Waals surface area (Å²) in [6, 6.07) is 4.07. The minimum atomic E-state index is -4.58. The van der Waals surface area contributed by atoms with E-state index in [1.807, 2.05) is 0 Å². The van der Waals surface area contributed by atoms with Crippen LogP contribution in [-0.2, 0) is 10.9 Å². The van der Waals surface area contributed by atoms with Crippen LogP contribution in [0.1, 0.15) is 67.9 Å². The molecule has 5 nitrogen and oxygen atoms in total. The molecule has 2 saturated heterocycles. The molecule has 2 atom stereocenters. The zero-order valence-corrected chi connectivity index (χ0v) is 16.5. The molecule has 1 amide bonds. The predicted octanol–water partition coefficient (Wildman–Crippen LogP) is 4.94. The summed E-state index contributed by atoms with van der Waals surface area (Å²) in [4.78, 5) is 27.2. The van der Waals surface area contributed by atoms with Gasteiger partial charge in [-0.1, -0.05) is 0 Å². The summed E-state index contributed by atoms with van der Waals surface area (Å²) in [5, 5.41) is 9.26. The highest BCUT2D eigenvalue weighted by atomic mass is 19.4. The Morgan fingerprint density at radius 3 is 2.21 bits per heavy atom. The molecule has 2 aliphatic rings. The van der Waals surface area contributed by atoms with E-state index in [9.17, 15) is 28.0 Å². The lowest BCUT2D eigenvalue weighted by Crippen LogP contribution is -2.49. The lowest BCUT2D eigenvalue weighted by Gasteiger charge is -2.39. The lowest BCUT2D eigenvalue weighted by molar-refractivity contribution is -0.137. The van der Waals surface area contributed by atoms with Crippen LogP contribution in [0.5, 0.6) is 0 Å². The van der Waals surface area contributed by atoms with Crippen molar-refractivity contribution in [2.75, 3.05) is 0 Å². The zero-order chi connectivity index (χ0) is 21.6. The van der Waals surface area contributed by atoms with Crippen LogP contribution in [0.2, 0.25) is 0 Å². The first kappa shape index (κ1) is 21.2. The second-order valence-electron chi connectivity index (χ2n) is 8.68. The van der Waals surface area contributed by atoms with Gasteiger partial charge in [0.15, 0.2) is 5.78 Å². The van der Waals surface area contributed by atoms with Crippen LogP contribution in [0.25, 0.3) is 0 Å². The van der Waals surface area contributed by atoms with Crippen molar-refractivity contribution in [2.24, 2.45) is 5.92 Å². The molecule has 156 valence electrons. The van der Waals surface area contributed by atoms with E-state index in [1.165, 1.54) is 0 Å². The second-order valence-corrected chi connectivity index (χ2v) is 8.68. The van der Waals surface area contributed by atoms with E-state index < -0.39 is 29.4 Å². The fraction of sp³-hybridized carbons (Fsp3) is 0.571. The van der Waals surface area contributed by atoms with E-state index in [0.29, 0.717) is 12.8 Å². The van der Waals surface area contributed by atoms with Gasteiger partial charge in [-0.3, -0.25) is 4.79 Å². The van der Waals surface area contributed by atoms with Crippen LogP contribution in [0, 0.1) is 17.2 Å². The third-order valence-electron chi connectivity index (χ3n) is 5.44. The molecule has 0 radical (unpaired) electrons. The second kappa shape index (κ2) is 7.36. The van der Waals surface area contributed by atoms with Crippen LogP contribution >= 0.6 is 0 Å². The monoisotopic (exact) mass is 408 g/mol. The molecule has 0 N–H and O–H groups in total. The average Bonchev–Trinajstić information content (AvgIpc) is 2.88. The Balaban J connectivity index is 1.78. The molecule has 2 aliphatic heterocycles. The number of ketones is 1. The van der Waals surface area contributed by atoms with Gasteiger partial charge in [0.25, 0.3) is 0 Å². The average molecular weight is 408 g/mol. The summed E-state index contributed by atoms with van der Waals surface area (Å²) in [6.45, 7) is 5.37. The number of ether oxygens (including phenoxy) is 1. The van der Waals surface area contributed by atoms with Crippen molar-refractivity contribution < 1.29 is 27.5 Å². The number of carbonyl (C=O) groups is 2. The number of alkyl halides is 3. The number of Topliss-reactive ketones (excluding diaryl/α,β-unsaturated/α-hetero) is 1. The first-order valence-corrected chi connectivity index (χ1v) is 9.57. The Kier molecular flexibility index (Phi) is 5.37. The molecule has 2 fully saturated rings. The van der Waals surface area contributed by atoms with E-state index in [4.69, 9.17) is 4.74 Å². The van der Waals surface area contributed by atoms with Crippen molar-refractivity contribution in [3.05, 3.63) is 34.9 Å². The molecule has 0 saturated carbocycles. The molecule has 1 aromatic rings. The molecule has 2 unspecified atom stereocenters. The van der Waals surface area contributed by atoms with Crippen LogP contribution in [0.15, 0.2) is 18.2 Å². The van der Waals surface area contributed by atoms with Crippen molar-refractivity contribution in [2.45, 2.75) is 70.3 Å². The van der Waals surface area contributed by atoms with Gasteiger partial charge in [-0.25, -0.2) is 4.79 Å². The summed E-state index contributed by atoms with van der Waals surface area (Å²) in [5.41, 5.74) is -1.83. The van der Waals surface area contributed by atoms with Crippen molar-refractivity contribution >= 4 is 11.9 Å². The molecule has 2 bridgehead atoms. The SMILES string of the molecule is CC(C)(C)OC(=O)N1C2CCC1CC(C(=O)c1ccc(C(F)(F)F)cc1C#N)C2. The largest absolute Gasteiger partial charge is 0.444 e. The van der Waals surface area contributed by atoms with Crippen molar-refractivity contribution in [3.63, 3.8) is 0 Å². The fourth-order valence-corrected chi connectivity index (χ4v) is 4.25. The molecule has 0 aliphatic carbocycles. The number of hydrogen-bond acceptors (Lipinski definition) is 4. The number of fused-ring (bicyclic) bond motifs is 2. The van der Waals surface area contributed by atoms with Gasteiger partial charge in [0.1, 0.15) is 5.60 Å². The van der Waals surface area contributed by atoms with Crippen molar-refractivity contribution in [1.82, 2.24) is 4.90 Å². The summed E-state index contributed by atoms with van der Waals surface area (Å²) >= 11 is 0. The summed E-state index contributed by atoms with van der Waals surface area (Å²) in [7, 11) is 0. The maximum atomic E-state index is 13.0. The predicted molar refractivity (Wildman–Crippen MR) is 98.1 cm³/mol. The quantitative estimate of drug-likeness (QED) is 0.650. The summed E-state index contributed by atoms with van der Waals surface area (Å²) in [5.74, 6) is -0.772. The van der Waals surface area contributed by atoms with E-state index >= 15 is 0 Å². The highest BCUT2D eigenvalue weighted by Crippen LogP contribution is 2.41. The first-order valence-electron chi connectivity index (χ1n) is 9.57. The number of carbonyl (C=O) groups excluding carboxylic acids is 2. The molecular weight excluding hydrogens is 385 g/mol. The maximum absolute atomic E-state index is 13.0. The van der Waals surface area contributed by atoms with Gasteiger partial charge in [-0.2, -0.15) is 18.4 Å². The van der Waals surface area contributed by atoms with Gasteiger partial charge in [-0.05, 0) is 64.7 Å². The third-order valence-corrected chi connectivity index (χ3v) is 5.44. The number of benzene rings is 1. The molecule has 8 heteroatoms. The minimum absolute atomic E-state index is 0.00983. The van der Waals surface area contributed by atoms with Gasteiger partial charge in [-0.15, -0.1) is 0 Å². The molecule has 2 heterocycles. The minimum Gasteiger partial charge on any atom is -0.444 e. The van der Waals surface area contributed by atoms with E-state index in [-0.39, 0.29) is 29.0 Å². The number of nitrogens with zero attached hydrogens (tertiary/aromatic N) is 2. The van der Waals surface area contributed by atoms with Gasteiger partial charge < -0.3 is 9.64 Å². The van der Waals surface area contributed by atoms with Crippen LogP contribution in [0.4, 0.5) is 18.0 Å². The van der Waals surface area contributed by atoms with Crippen molar-refractivity contribution in [3.8, 4) is 6.07 Å². The van der Waals surface area contributed by atoms with Gasteiger partial charge in [0.05, 0.1) is 17.2 Å². The molecular formula is C21H23F3N2O3. The van der Waals surface area contributed by atoms with Gasteiger partial charge in [0.2, 0.25) is 0 Å². The Morgan fingerprint density at radius 1 is 1.14 bits per heavy atom. The first-order chi connectivity index (χ1) is 13.4. The highest BCUT2D eigenvalue weighted by molar-refractivity contribution is 6.00. The number of nitriles is 1. The summed E-state index contributed by atoms with van der Waals surface area (Å²) in [6.07, 6.45) is -2.63. The van der Waals surface area contributed by atoms with E-state index in [0.717, 1.165) is 31.0 Å². The van der Waals surface area contributed by atoms with Crippen LogP contribution in [-0.4, -0.2) is 34.5 Å². The molecule has 0 spiro atoms. The Morgan fingerprint density at radius 2 is 1.72 bits per heavy atom. The third kappa shape index (κ3) is 4.39. The van der Waals surface area contributed by atoms with Crippen LogP contribution in [0.3, 0.4) is 0 Å². The maximum Gasteiger partial charge on any atom is 0.416 e. The molecule has 29 heavy (non-hydrogen) atoms. The number of amides is 1. The molecule has 1 aromatic carbocycles. The van der Waals surface area contributed by atoms with Crippen LogP contribution < -0.4 is 0 Å². The van der Waals surface area contributed by atoms with E-state index in [2.05, 4.69) is 0 Å². The number of piperidine rings is 1. The normalized spacial score (nSPS) is 24.2. The van der Waals surface area contributed by atoms with Gasteiger partial charge in [0, 0.05) is 23.6 Å². The van der Waals surface area contributed by atoms with E-state index in [1.54, 1.807) is 31.7 Å². The Hall–Kier alpha value is -2.56.